The van der Waals surface area contributed by atoms with Crippen molar-refractivity contribution in [2.24, 2.45) is 5.92 Å². The number of hydrogen-bond acceptors (Lipinski definition) is 3. The second-order valence-corrected chi connectivity index (χ2v) is 7.93. The Hall–Kier alpha value is -0.680. The van der Waals surface area contributed by atoms with Crippen LogP contribution in [-0.2, 0) is 4.74 Å². The molecule has 2 fully saturated rings. The summed E-state index contributed by atoms with van der Waals surface area (Å²) in [5, 5.41) is 14.3. The van der Waals surface area contributed by atoms with E-state index in [2.05, 4.69) is 12.2 Å². The van der Waals surface area contributed by atoms with Crippen molar-refractivity contribution in [3.8, 4) is 0 Å². The van der Waals surface area contributed by atoms with Crippen LogP contribution in [-0.4, -0.2) is 29.9 Å². The molecule has 3 nitrogen and oxygen atoms in total. The highest BCUT2D eigenvalue weighted by atomic mass is 35.5. The molecule has 3 atom stereocenters. The highest BCUT2D eigenvalue weighted by molar-refractivity contribution is 5.85. The van der Waals surface area contributed by atoms with Gasteiger partial charge in [0.15, 0.2) is 0 Å². The number of aliphatic hydroxyl groups is 1. The van der Waals surface area contributed by atoms with E-state index in [9.17, 15) is 9.50 Å². The van der Waals surface area contributed by atoms with Gasteiger partial charge >= 0.3 is 0 Å². The number of halogens is 2. The first-order valence-corrected chi connectivity index (χ1v) is 9.23. The van der Waals surface area contributed by atoms with Crippen LogP contribution in [0.15, 0.2) is 24.3 Å². The predicted molar refractivity (Wildman–Crippen MR) is 101 cm³/mol. The van der Waals surface area contributed by atoms with Gasteiger partial charge in [-0.15, -0.1) is 12.4 Å². The van der Waals surface area contributed by atoms with Crippen LogP contribution in [0.25, 0.3) is 0 Å². The van der Waals surface area contributed by atoms with Crippen LogP contribution in [0, 0.1) is 11.7 Å². The van der Waals surface area contributed by atoms with Gasteiger partial charge in [-0.25, -0.2) is 4.39 Å². The summed E-state index contributed by atoms with van der Waals surface area (Å²) in [7, 11) is 1.81. The van der Waals surface area contributed by atoms with E-state index in [1.165, 1.54) is 25.0 Å². The molecule has 2 N–H and O–H groups in total. The lowest BCUT2D eigenvalue weighted by atomic mass is 9.78. The molecule has 1 heterocycles. The maximum absolute atomic E-state index is 13.4. The number of nitrogens with one attached hydrogen (secondary N) is 1. The number of rotatable bonds is 5. The van der Waals surface area contributed by atoms with Crippen molar-refractivity contribution in [1.29, 1.82) is 0 Å². The Balaban J connectivity index is 0.00000225. The monoisotopic (exact) mass is 371 g/mol. The second kappa shape index (κ2) is 8.81. The lowest BCUT2D eigenvalue weighted by Crippen LogP contribution is -2.44. The number of benzene rings is 1. The van der Waals surface area contributed by atoms with Crippen LogP contribution < -0.4 is 5.32 Å². The SMILES string of the molecule is COC1CCC(C[C@@]2(C)CC[C@H](C(O)c3cccc(F)c3)N2)CC1.Cl. The summed E-state index contributed by atoms with van der Waals surface area (Å²) in [6.07, 6.45) is 7.71. The van der Waals surface area contributed by atoms with Crippen molar-refractivity contribution in [1.82, 2.24) is 5.32 Å². The molecule has 1 aliphatic heterocycles. The third kappa shape index (κ3) is 5.16. The summed E-state index contributed by atoms with van der Waals surface area (Å²) in [4.78, 5) is 0. The number of aliphatic hydroxyl groups excluding tert-OH is 1. The minimum absolute atomic E-state index is 0. The van der Waals surface area contributed by atoms with Crippen molar-refractivity contribution in [2.45, 2.75) is 75.7 Å². The summed E-state index contributed by atoms with van der Waals surface area (Å²) in [5.74, 6) is 0.446. The Morgan fingerprint density at radius 1 is 1.28 bits per heavy atom. The van der Waals surface area contributed by atoms with E-state index in [4.69, 9.17) is 4.74 Å². The van der Waals surface area contributed by atoms with E-state index in [0.717, 1.165) is 38.0 Å². The molecule has 3 rings (SSSR count). The van der Waals surface area contributed by atoms with Crippen molar-refractivity contribution in [3.63, 3.8) is 0 Å². The van der Waals surface area contributed by atoms with Crippen LogP contribution in [0.1, 0.15) is 63.5 Å². The molecule has 1 unspecified atom stereocenters. The molecule has 5 heteroatoms. The van der Waals surface area contributed by atoms with Gasteiger partial charge < -0.3 is 15.2 Å². The van der Waals surface area contributed by atoms with Gasteiger partial charge in [-0.1, -0.05) is 12.1 Å². The molecular weight excluding hydrogens is 341 g/mol. The summed E-state index contributed by atoms with van der Waals surface area (Å²) in [5.41, 5.74) is 0.737. The molecule has 0 amide bonds. The zero-order valence-electron chi connectivity index (χ0n) is 15.2. The predicted octanol–water partition coefficient (Wildman–Crippen LogP) is 4.39. The van der Waals surface area contributed by atoms with Crippen molar-refractivity contribution >= 4 is 12.4 Å². The largest absolute Gasteiger partial charge is 0.387 e. The number of ether oxygens (including phenoxy) is 1. The first kappa shape index (κ1) is 20.6. The molecule has 0 radical (unpaired) electrons. The topological polar surface area (TPSA) is 41.5 Å². The minimum atomic E-state index is -0.647. The zero-order valence-corrected chi connectivity index (χ0v) is 16.0. The van der Waals surface area contributed by atoms with E-state index in [1.807, 2.05) is 7.11 Å². The van der Waals surface area contributed by atoms with Crippen LogP contribution in [0.4, 0.5) is 4.39 Å². The number of methoxy groups -OCH3 is 1. The highest BCUT2D eigenvalue weighted by Gasteiger charge is 2.39. The Bertz CT molecular complexity index is 550. The molecule has 2 aliphatic rings. The molecule has 1 aromatic carbocycles. The lowest BCUT2D eigenvalue weighted by Gasteiger charge is -2.35. The Labute approximate surface area is 156 Å². The van der Waals surface area contributed by atoms with Crippen LogP contribution in [0.3, 0.4) is 0 Å². The maximum Gasteiger partial charge on any atom is 0.123 e. The van der Waals surface area contributed by atoms with E-state index >= 15 is 0 Å². The normalized spacial score (nSPS) is 33.7. The van der Waals surface area contributed by atoms with Gasteiger partial charge in [-0.3, -0.25) is 0 Å². The third-order valence-corrected chi connectivity index (χ3v) is 5.98. The maximum atomic E-state index is 13.4. The first-order chi connectivity index (χ1) is 11.5. The van der Waals surface area contributed by atoms with Gasteiger partial charge in [0.25, 0.3) is 0 Å². The Kier molecular flexibility index (Phi) is 7.27. The molecule has 1 saturated carbocycles. The molecule has 1 aliphatic carbocycles. The molecule has 0 bridgehead atoms. The van der Waals surface area contributed by atoms with Crippen molar-refractivity contribution in [2.75, 3.05) is 7.11 Å². The standard InChI is InChI=1S/C20H30FNO2.ClH/c1-20(13-14-6-8-17(24-2)9-7-14)11-10-18(22-20)19(23)15-4-3-5-16(21)12-15;/h3-5,12,14,17-19,22-23H,6-11,13H2,1-2H3;1H/t14?,17?,18-,19?,20-;/m1./s1. The molecular formula is C20H31ClFNO2. The summed E-state index contributed by atoms with van der Waals surface area (Å²) < 4.78 is 18.9. The fraction of sp³-hybridized carbons (Fsp3) is 0.700. The van der Waals surface area contributed by atoms with Crippen molar-refractivity contribution < 1.29 is 14.2 Å². The quantitative estimate of drug-likeness (QED) is 0.806. The van der Waals surface area contributed by atoms with Gasteiger partial charge in [0.05, 0.1) is 12.2 Å². The summed E-state index contributed by atoms with van der Waals surface area (Å²) in [6.45, 7) is 2.27. The van der Waals surface area contributed by atoms with Gasteiger partial charge in [-0.05, 0) is 75.5 Å². The third-order valence-electron chi connectivity index (χ3n) is 5.98. The van der Waals surface area contributed by atoms with Gasteiger partial charge in [0.1, 0.15) is 5.82 Å². The van der Waals surface area contributed by atoms with E-state index in [0.29, 0.717) is 11.7 Å². The molecule has 1 saturated heterocycles. The summed E-state index contributed by atoms with van der Waals surface area (Å²) in [6, 6.07) is 6.33. The van der Waals surface area contributed by atoms with Crippen LogP contribution in [0.2, 0.25) is 0 Å². The average Bonchev–Trinajstić information content (AvgIpc) is 2.97. The minimum Gasteiger partial charge on any atom is -0.387 e. The Morgan fingerprint density at radius 2 is 2.00 bits per heavy atom. The van der Waals surface area contributed by atoms with Crippen LogP contribution >= 0.6 is 12.4 Å². The molecule has 0 aromatic heterocycles. The number of hydrogen-bond donors (Lipinski definition) is 2. The molecule has 0 spiro atoms. The smallest absolute Gasteiger partial charge is 0.123 e. The lowest BCUT2D eigenvalue weighted by molar-refractivity contribution is 0.0504. The van der Waals surface area contributed by atoms with Gasteiger partial charge in [0.2, 0.25) is 0 Å². The molecule has 25 heavy (non-hydrogen) atoms. The Morgan fingerprint density at radius 3 is 2.64 bits per heavy atom. The van der Waals surface area contributed by atoms with Crippen molar-refractivity contribution in [3.05, 3.63) is 35.6 Å². The van der Waals surface area contributed by atoms with E-state index < -0.39 is 6.10 Å². The van der Waals surface area contributed by atoms with Gasteiger partial charge in [-0.2, -0.15) is 0 Å². The second-order valence-electron chi connectivity index (χ2n) is 7.93. The van der Waals surface area contributed by atoms with E-state index in [-0.39, 0.29) is 29.8 Å². The fourth-order valence-corrected chi connectivity index (χ4v) is 4.60. The summed E-state index contributed by atoms with van der Waals surface area (Å²) >= 11 is 0. The molecule has 1 aromatic rings. The van der Waals surface area contributed by atoms with Crippen LogP contribution in [0.5, 0.6) is 0 Å². The van der Waals surface area contributed by atoms with E-state index in [1.54, 1.807) is 12.1 Å². The van der Waals surface area contributed by atoms with Gasteiger partial charge in [0, 0.05) is 18.7 Å². The fourth-order valence-electron chi connectivity index (χ4n) is 4.60. The molecule has 142 valence electrons. The average molecular weight is 372 g/mol. The first-order valence-electron chi connectivity index (χ1n) is 9.23. The highest BCUT2D eigenvalue weighted by Crippen LogP contribution is 2.38. The zero-order chi connectivity index (χ0) is 17.2.